The molecule has 1 aromatic carbocycles. The van der Waals surface area contributed by atoms with E-state index in [0.29, 0.717) is 0 Å². The summed E-state index contributed by atoms with van der Waals surface area (Å²) in [6, 6.07) is 10.3. The zero-order valence-corrected chi connectivity index (χ0v) is 12.9. The summed E-state index contributed by atoms with van der Waals surface area (Å²) in [7, 11) is 1.91. The lowest BCUT2D eigenvalue weighted by Gasteiger charge is -2.37. The number of carbonyl (C=O) groups is 1. The Kier molecular flexibility index (Phi) is 5.18. The van der Waals surface area contributed by atoms with Gasteiger partial charge in [0, 0.05) is 13.1 Å². The van der Waals surface area contributed by atoms with E-state index in [1.807, 2.05) is 30.1 Å². The van der Waals surface area contributed by atoms with Gasteiger partial charge in [-0.15, -0.1) is 0 Å². The van der Waals surface area contributed by atoms with Crippen LogP contribution in [0.1, 0.15) is 44.7 Å². The van der Waals surface area contributed by atoms with Crippen molar-refractivity contribution in [1.82, 2.24) is 9.80 Å². The van der Waals surface area contributed by atoms with Gasteiger partial charge in [0.1, 0.15) is 6.04 Å². The molecule has 2 rings (SSSR count). The molecule has 0 spiro atoms. The maximum Gasteiger partial charge on any atom is 0.244 e. The third kappa shape index (κ3) is 3.40. The summed E-state index contributed by atoms with van der Waals surface area (Å²) < 4.78 is 0. The largest absolute Gasteiger partial charge is 0.342 e. The van der Waals surface area contributed by atoms with Gasteiger partial charge in [0.05, 0.1) is 0 Å². The molecule has 20 heavy (non-hydrogen) atoms. The molecular weight excluding hydrogens is 248 g/mol. The summed E-state index contributed by atoms with van der Waals surface area (Å²) in [6.07, 6.45) is 3.68. The van der Waals surface area contributed by atoms with Crippen LogP contribution in [0.5, 0.6) is 0 Å². The van der Waals surface area contributed by atoms with Crippen molar-refractivity contribution in [2.75, 3.05) is 20.1 Å². The standard InChI is InChI=1S/C17H26N2O/c1-14(2)18(3)17(20)16(15-10-6-4-7-11-15)19-12-8-5-9-13-19/h4,6-7,10-11,14,16H,5,8-9,12-13H2,1-3H3. The fraction of sp³-hybridized carbons (Fsp3) is 0.588. The van der Waals surface area contributed by atoms with Crippen LogP contribution >= 0.6 is 0 Å². The minimum absolute atomic E-state index is 0.121. The van der Waals surface area contributed by atoms with Gasteiger partial charge < -0.3 is 4.90 Å². The Labute approximate surface area is 122 Å². The molecule has 0 saturated carbocycles. The number of likely N-dealkylation sites (N-methyl/N-ethyl adjacent to an activating group) is 1. The van der Waals surface area contributed by atoms with Crippen LogP contribution < -0.4 is 0 Å². The molecular formula is C17H26N2O. The van der Waals surface area contributed by atoms with Crippen LogP contribution in [-0.4, -0.2) is 41.9 Å². The number of nitrogens with zero attached hydrogens (tertiary/aromatic N) is 2. The maximum absolute atomic E-state index is 12.9. The topological polar surface area (TPSA) is 23.6 Å². The van der Waals surface area contributed by atoms with Gasteiger partial charge in [-0.05, 0) is 45.3 Å². The first-order valence-electron chi connectivity index (χ1n) is 7.67. The second kappa shape index (κ2) is 6.89. The minimum Gasteiger partial charge on any atom is -0.342 e. The molecule has 1 unspecified atom stereocenters. The Morgan fingerprint density at radius 3 is 2.25 bits per heavy atom. The molecule has 1 aromatic rings. The molecule has 3 heteroatoms. The van der Waals surface area contributed by atoms with Gasteiger partial charge in [-0.25, -0.2) is 0 Å². The molecule has 1 aliphatic heterocycles. The van der Waals surface area contributed by atoms with E-state index in [0.717, 1.165) is 18.7 Å². The predicted molar refractivity (Wildman–Crippen MR) is 82.5 cm³/mol. The van der Waals surface area contributed by atoms with Crippen molar-refractivity contribution in [3.8, 4) is 0 Å². The summed E-state index contributed by atoms with van der Waals surface area (Å²) in [4.78, 5) is 17.1. The highest BCUT2D eigenvalue weighted by Crippen LogP contribution is 2.26. The zero-order chi connectivity index (χ0) is 14.5. The third-order valence-electron chi connectivity index (χ3n) is 4.23. The van der Waals surface area contributed by atoms with Crippen LogP contribution in [0.2, 0.25) is 0 Å². The van der Waals surface area contributed by atoms with Gasteiger partial charge in [-0.2, -0.15) is 0 Å². The molecule has 0 radical (unpaired) electrons. The molecule has 1 aliphatic rings. The van der Waals surface area contributed by atoms with Crippen molar-refractivity contribution in [3.05, 3.63) is 35.9 Å². The molecule has 3 nitrogen and oxygen atoms in total. The van der Waals surface area contributed by atoms with Crippen LogP contribution in [0.15, 0.2) is 30.3 Å². The van der Waals surface area contributed by atoms with Crippen LogP contribution in [0.3, 0.4) is 0 Å². The average Bonchev–Trinajstić information content (AvgIpc) is 2.48. The first-order chi connectivity index (χ1) is 9.61. The van der Waals surface area contributed by atoms with Crippen molar-refractivity contribution in [3.63, 3.8) is 0 Å². The summed E-state index contributed by atoms with van der Waals surface area (Å²) in [5, 5.41) is 0. The second-order valence-corrected chi connectivity index (χ2v) is 5.95. The van der Waals surface area contributed by atoms with E-state index in [1.54, 1.807) is 0 Å². The monoisotopic (exact) mass is 274 g/mol. The quantitative estimate of drug-likeness (QED) is 0.842. The maximum atomic E-state index is 12.9. The van der Waals surface area contributed by atoms with E-state index in [4.69, 9.17) is 0 Å². The van der Waals surface area contributed by atoms with E-state index < -0.39 is 0 Å². The molecule has 0 bridgehead atoms. The highest BCUT2D eigenvalue weighted by molar-refractivity contribution is 5.83. The first-order valence-corrected chi connectivity index (χ1v) is 7.67. The Morgan fingerprint density at radius 1 is 1.10 bits per heavy atom. The smallest absolute Gasteiger partial charge is 0.244 e. The number of hydrogen-bond donors (Lipinski definition) is 0. The van der Waals surface area contributed by atoms with Crippen LogP contribution in [0.4, 0.5) is 0 Å². The highest BCUT2D eigenvalue weighted by Gasteiger charge is 2.31. The van der Waals surface area contributed by atoms with Gasteiger partial charge in [0.2, 0.25) is 5.91 Å². The van der Waals surface area contributed by atoms with Crippen molar-refractivity contribution in [2.45, 2.75) is 45.2 Å². The Balaban J connectivity index is 2.26. The number of hydrogen-bond acceptors (Lipinski definition) is 2. The summed E-state index contributed by atoms with van der Waals surface area (Å²) in [5.41, 5.74) is 1.12. The summed E-state index contributed by atoms with van der Waals surface area (Å²) in [6.45, 7) is 6.18. The van der Waals surface area contributed by atoms with Crippen molar-refractivity contribution in [1.29, 1.82) is 0 Å². The lowest BCUT2D eigenvalue weighted by atomic mass is 10.00. The molecule has 0 N–H and O–H groups in total. The Hall–Kier alpha value is -1.35. The number of benzene rings is 1. The van der Waals surface area contributed by atoms with Crippen LogP contribution in [0, 0.1) is 0 Å². The second-order valence-electron chi connectivity index (χ2n) is 5.95. The number of carbonyl (C=O) groups excluding carboxylic acids is 1. The number of rotatable bonds is 4. The van der Waals surface area contributed by atoms with Crippen LogP contribution in [-0.2, 0) is 4.79 Å². The highest BCUT2D eigenvalue weighted by atomic mass is 16.2. The Morgan fingerprint density at radius 2 is 1.70 bits per heavy atom. The van der Waals surface area contributed by atoms with E-state index in [1.165, 1.54) is 19.3 Å². The number of amides is 1. The average molecular weight is 274 g/mol. The normalized spacial score (nSPS) is 18.0. The predicted octanol–water partition coefficient (Wildman–Crippen LogP) is 3.08. The van der Waals surface area contributed by atoms with E-state index in [9.17, 15) is 4.79 Å². The van der Waals surface area contributed by atoms with Crippen molar-refractivity contribution < 1.29 is 4.79 Å². The zero-order valence-electron chi connectivity index (χ0n) is 12.9. The lowest BCUT2D eigenvalue weighted by molar-refractivity contribution is -0.138. The SMILES string of the molecule is CC(C)N(C)C(=O)C(c1ccccc1)N1CCCCC1. The molecule has 0 aromatic heterocycles. The molecule has 1 heterocycles. The van der Waals surface area contributed by atoms with Gasteiger partial charge in [0.15, 0.2) is 0 Å². The molecule has 1 fully saturated rings. The van der Waals surface area contributed by atoms with E-state index >= 15 is 0 Å². The van der Waals surface area contributed by atoms with E-state index in [-0.39, 0.29) is 18.0 Å². The van der Waals surface area contributed by atoms with Crippen molar-refractivity contribution >= 4 is 5.91 Å². The summed E-state index contributed by atoms with van der Waals surface area (Å²) in [5.74, 6) is 0.216. The molecule has 1 atom stereocenters. The summed E-state index contributed by atoms with van der Waals surface area (Å²) >= 11 is 0. The molecule has 1 saturated heterocycles. The van der Waals surface area contributed by atoms with Crippen molar-refractivity contribution in [2.24, 2.45) is 0 Å². The van der Waals surface area contributed by atoms with Gasteiger partial charge in [0.25, 0.3) is 0 Å². The molecule has 0 aliphatic carbocycles. The van der Waals surface area contributed by atoms with Gasteiger partial charge >= 0.3 is 0 Å². The molecule has 1 amide bonds. The lowest BCUT2D eigenvalue weighted by Crippen LogP contribution is -2.45. The fourth-order valence-corrected chi connectivity index (χ4v) is 2.77. The fourth-order valence-electron chi connectivity index (χ4n) is 2.77. The third-order valence-corrected chi connectivity index (χ3v) is 4.23. The molecule has 110 valence electrons. The van der Waals surface area contributed by atoms with Crippen LogP contribution in [0.25, 0.3) is 0 Å². The van der Waals surface area contributed by atoms with Gasteiger partial charge in [-0.1, -0.05) is 36.8 Å². The Bertz CT molecular complexity index is 424. The number of piperidine rings is 1. The number of likely N-dealkylation sites (tertiary alicyclic amines) is 1. The van der Waals surface area contributed by atoms with E-state index in [2.05, 4.69) is 30.9 Å². The minimum atomic E-state index is -0.121. The van der Waals surface area contributed by atoms with Gasteiger partial charge in [-0.3, -0.25) is 9.69 Å². The first kappa shape index (κ1) is 15.0.